The molecule has 1 aromatic carbocycles. The number of nitrogens with one attached hydrogen (secondary N) is 1. The zero-order valence-electron chi connectivity index (χ0n) is 16.6. The number of hydrogen-bond acceptors (Lipinski definition) is 4. The fraction of sp³-hybridized carbons (Fsp3) is 0.455. The van der Waals surface area contributed by atoms with Gasteiger partial charge in [0, 0.05) is 31.5 Å². The second kappa shape index (κ2) is 8.05. The largest absolute Gasteiger partial charge is 0.395 e. The molecule has 1 aromatic heterocycles. The monoisotopic (exact) mass is 396 g/mol. The summed E-state index contributed by atoms with van der Waals surface area (Å²) in [7, 11) is 0. The van der Waals surface area contributed by atoms with Crippen LogP contribution in [0.4, 0.5) is 5.69 Å². The van der Waals surface area contributed by atoms with Crippen molar-refractivity contribution < 1.29 is 5.11 Å². The van der Waals surface area contributed by atoms with E-state index in [1.54, 1.807) is 0 Å². The van der Waals surface area contributed by atoms with Crippen LogP contribution in [0.5, 0.6) is 0 Å². The van der Waals surface area contributed by atoms with Crippen molar-refractivity contribution in [2.24, 2.45) is 0 Å². The van der Waals surface area contributed by atoms with Gasteiger partial charge in [-0.15, -0.1) is 0 Å². The molecule has 2 N–H and O–H groups in total. The number of hydrogen-bond donors (Lipinski definition) is 2. The molecule has 0 bridgehead atoms. The molecule has 0 saturated carbocycles. The van der Waals surface area contributed by atoms with Crippen LogP contribution in [0.1, 0.15) is 47.3 Å². The minimum absolute atomic E-state index is 0.0147. The number of aromatic nitrogens is 1. The zero-order chi connectivity index (χ0) is 19.7. The highest BCUT2D eigenvalue weighted by molar-refractivity contribution is 7.80. The van der Waals surface area contributed by atoms with E-state index >= 15 is 0 Å². The molecule has 2 fully saturated rings. The van der Waals surface area contributed by atoms with Crippen LogP contribution < -0.4 is 10.2 Å². The summed E-state index contributed by atoms with van der Waals surface area (Å²) in [5, 5.41) is 13.7. The van der Waals surface area contributed by atoms with Crippen LogP contribution in [0, 0.1) is 13.8 Å². The molecular weight excluding hydrogens is 368 g/mol. The smallest absolute Gasteiger partial charge is 0.170 e. The number of anilines is 1. The van der Waals surface area contributed by atoms with Gasteiger partial charge in [0.05, 0.1) is 24.4 Å². The first-order chi connectivity index (χ1) is 13.6. The van der Waals surface area contributed by atoms with Gasteiger partial charge in [-0.1, -0.05) is 12.1 Å². The van der Waals surface area contributed by atoms with E-state index in [9.17, 15) is 5.11 Å². The molecule has 2 saturated heterocycles. The molecule has 4 rings (SSSR count). The van der Waals surface area contributed by atoms with Gasteiger partial charge >= 0.3 is 0 Å². The topological polar surface area (TPSA) is 51.6 Å². The molecule has 28 heavy (non-hydrogen) atoms. The summed E-state index contributed by atoms with van der Waals surface area (Å²) in [5.74, 6) is 0. The first-order valence-electron chi connectivity index (χ1n) is 10.1. The molecule has 0 aliphatic carbocycles. The van der Waals surface area contributed by atoms with Crippen LogP contribution in [-0.2, 0) is 0 Å². The van der Waals surface area contributed by atoms with Crippen molar-refractivity contribution in [3.05, 3.63) is 58.9 Å². The lowest BCUT2D eigenvalue weighted by Gasteiger charge is -2.30. The number of β-amino-alcohol motifs (C(OH)–C–C–N with tert-alkyl or cyclic N) is 1. The van der Waals surface area contributed by atoms with Gasteiger partial charge in [0.2, 0.25) is 0 Å². The van der Waals surface area contributed by atoms with Gasteiger partial charge in [0.25, 0.3) is 0 Å². The Kier molecular flexibility index (Phi) is 5.51. The van der Waals surface area contributed by atoms with E-state index in [1.807, 2.05) is 24.4 Å². The van der Waals surface area contributed by atoms with Gasteiger partial charge in [-0.3, -0.25) is 4.98 Å². The summed E-state index contributed by atoms with van der Waals surface area (Å²) < 4.78 is 0. The lowest BCUT2D eigenvalue weighted by atomic mass is 9.90. The van der Waals surface area contributed by atoms with E-state index in [4.69, 9.17) is 12.2 Å². The number of pyridine rings is 1. The van der Waals surface area contributed by atoms with Crippen LogP contribution in [0.25, 0.3) is 0 Å². The molecule has 148 valence electrons. The highest BCUT2D eigenvalue weighted by atomic mass is 32.1. The Morgan fingerprint density at radius 3 is 2.61 bits per heavy atom. The maximum Gasteiger partial charge on any atom is 0.170 e. The fourth-order valence-electron chi connectivity index (χ4n) is 4.54. The number of aliphatic hydroxyl groups is 1. The van der Waals surface area contributed by atoms with E-state index < -0.39 is 0 Å². The Morgan fingerprint density at radius 1 is 1.14 bits per heavy atom. The Morgan fingerprint density at radius 2 is 1.93 bits per heavy atom. The minimum Gasteiger partial charge on any atom is -0.395 e. The summed E-state index contributed by atoms with van der Waals surface area (Å²) in [6.07, 6.45) is 4.36. The van der Waals surface area contributed by atoms with Gasteiger partial charge in [0.1, 0.15) is 0 Å². The Hall–Kier alpha value is -2.18. The van der Waals surface area contributed by atoms with E-state index in [-0.39, 0.29) is 18.7 Å². The maximum absolute atomic E-state index is 9.63. The van der Waals surface area contributed by atoms with E-state index in [0.717, 1.165) is 18.8 Å². The first kappa shape index (κ1) is 19.2. The summed E-state index contributed by atoms with van der Waals surface area (Å²) in [4.78, 5) is 9.17. The summed E-state index contributed by atoms with van der Waals surface area (Å²) in [6, 6.07) is 10.5. The van der Waals surface area contributed by atoms with E-state index in [2.05, 4.69) is 46.1 Å². The average Bonchev–Trinajstić information content (AvgIpc) is 3.34. The van der Waals surface area contributed by atoms with Crippen LogP contribution in [-0.4, -0.2) is 46.3 Å². The van der Waals surface area contributed by atoms with Crippen molar-refractivity contribution in [1.82, 2.24) is 15.2 Å². The van der Waals surface area contributed by atoms with Gasteiger partial charge in [-0.25, -0.2) is 0 Å². The van der Waals surface area contributed by atoms with Crippen molar-refractivity contribution >= 4 is 23.0 Å². The summed E-state index contributed by atoms with van der Waals surface area (Å²) in [5.41, 5.74) is 6.19. The highest BCUT2D eigenvalue weighted by Gasteiger charge is 2.40. The first-order valence-corrected chi connectivity index (χ1v) is 10.5. The molecule has 2 aromatic rings. The van der Waals surface area contributed by atoms with Crippen molar-refractivity contribution in [2.45, 2.75) is 38.8 Å². The maximum atomic E-state index is 9.63. The number of benzene rings is 1. The van der Waals surface area contributed by atoms with Crippen LogP contribution in [0.15, 0.2) is 36.5 Å². The molecule has 0 spiro atoms. The molecule has 0 amide bonds. The van der Waals surface area contributed by atoms with Crippen molar-refractivity contribution in [3.8, 4) is 0 Å². The molecule has 2 aliphatic heterocycles. The molecule has 3 heterocycles. The van der Waals surface area contributed by atoms with Crippen LogP contribution >= 0.6 is 12.2 Å². The zero-order valence-corrected chi connectivity index (χ0v) is 17.4. The quantitative estimate of drug-likeness (QED) is 0.757. The third kappa shape index (κ3) is 3.35. The lowest BCUT2D eigenvalue weighted by molar-refractivity contribution is 0.223. The number of nitrogens with zero attached hydrogens (tertiary/aromatic N) is 3. The Balaban J connectivity index is 1.76. The standard InChI is InChI=1S/C22H28N4OS/c1-15-16(2)19(25-11-5-6-12-25)9-8-17(15)21-20(18-7-3-4-10-23-18)24-22(28)26(21)13-14-27/h3-4,7-10,20-21,27H,5-6,11-14H2,1-2H3,(H,24,28)/t20-,21-/m0/s1. The minimum atomic E-state index is -0.0315. The van der Waals surface area contributed by atoms with E-state index in [1.165, 1.54) is 35.2 Å². The number of thiocarbonyl (C=S) groups is 1. The molecular formula is C22H28N4OS. The number of aliphatic hydroxyl groups excluding tert-OH is 1. The molecule has 2 aliphatic rings. The second-order valence-corrected chi connectivity index (χ2v) is 8.05. The molecule has 0 radical (unpaired) electrons. The van der Waals surface area contributed by atoms with Gasteiger partial charge in [-0.2, -0.15) is 0 Å². The van der Waals surface area contributed by atoms with Crippen molar-refractivity contribution in [3.63, 3.8) is 0 Å². The van der Waals surface area contributed by atoms with Gasteiger partial charge in [0.15, 0.2) is 5.11 Å². The number of rotatable bonds is 5. The van der Waals surface area contributed by atoms with Gasteiger partial charge < -0.3 is 20.2 Å². The third-order valence-corrected chi connectivity index (χ3v) is 6.46. The normalized spacial score (nSPS) is 22.0. The Bertz CT molecular complexity index is 851. The second-order valence-electron chi connectivity index (χ2n) is 7.66. The predicted molar refractivity (Wildman–Crippen MR) is 117 cm³/mol. The van der Waals surface area contributed by atoms with Crippen molar-refractivity contribution in [1.29, 1.82) is 0 Å². The van der Waals surface area contributed by atoms with Crippen LogP contribution in [0.3, 0.4) is 0 Å². The summed E-state index contributed by atoms with van der Waals surface area (Å²) >= 11 is 5.62. The fourth-order valence-corrected chi connectivity index (χ4v) is 4.87. The predicted octanol–water partition coefficient (Wildman–Crippen LogP) is 3.26. The molecule has 2 atom stereocenters. The van der Waals surface area contributed by atoms with Crippen molar-refractivity contribution in [2.75, 3.05) is 31.1 Å². The molecule has 0 unspecified atom stereocenters. The SMILES string of the molecule is Cc1c([C@H]2[C@H](c3ccccn3)NC(=S)N2CCO)ccc(N2CCCC2)c1C. The van der Waals surface area contributed by atoms with E-state index in [0.29, 0.717) is 11.7 Å². The Labute approximate surface area is 172 Å². The highest BCUT2D eigenvalue weighted by Crippen LogP contribution is 2.41. The van der Waals surface area contributed by atoms with Gasteiger partial charge in [-0.05, 0) is 73.8 Å². The molecule has 5 nitrogen and oxygen atoms in total. The molecule has 6 heteroatoms. The summed E-state index contributed by atoms with van der Waals surface area (Å²) in [6.45, 7) is 7.28. The van der Waals surface area contributed by atoms with Crippen LogP contribution in [0.2, 0.25) is 0 Å². The third-order valence-electron chi connectivity index (χ3n) is 6.10. The lowest BCUT2D eigenvalue weighted by Crippen LogP contribution is -2.32. The average molecular weight is 397 g/mol.